The van der Waals surface area contributed by atoms with Gasteiger partial charge in [0.25, 0.3) is 0 Å². The van der Waals surface area contributed by atoms with E-state index in [-0.39, 0.29) is 16.8 Å². The fourth-order valence-electron chi connectivity index (χ4n) is 4.01. The van der Waals surface area contributed by atoms with Gasteiger partial charge in [-0.1, -0.05) is 24.3 Å². The van der Waals surface area contributed by atoms with Gasteiger partial charge in [0, 0.05) is 29.4 Å². The molecule has 9 nitrogen and oxygen atoms in total. The van der Waals surface area contributed by atoms with Crippen molar-refractivity contribution >= 4 is 45.2 Å². The quantitative estimate of drug-likeness (QED) is 0.507. The van der Waals surface area contributed by atoms with Crippen LogP contribution in [0, 0.1) is 13.8 Å². The summed E-state index contributed by atoms with van der Waals surface area (Å²) >= 11 is 6.10. The molecule has 4 rings (SSSR count). The van der Waals surface area contributed by atoms with Crippen molar-refractivity contribution in [2.24, 2.45) is 0 Å². The fourth-order valence-corrected chi connectivity index (χ4v) is 4.77. The number of nitrogens with two attached hydrogens (primary N) is 1. The van der Waals surface area contributed by atoms with E-state index in [1.54, 1.807) is 18.3 Å². The van der Waals surface area contributed by atoms with Crippen molar-refractivity contribution in [2.45, 2.75) is 20.4 Å². The first-order chi connectivity index (χ1) is 16.1. The zero-order valence-corrected chi connectivity index (χ0v) is 20.7. The zero-order valence-electron chi connectivity index (χ0n) is 19.1. The predicted molar refractivity (Wildman–Crippen MR) is 136 cm³/mol. The van der Waals surface area contributed by atoms with E-state index in [9.17, 15) is 8.42 Å². The standard InChI is InChI=1S/C23H25ClN6O3S/c1-5-18-14(3)27-23(25)28-22(18)30-6-7-33-20-13(2)8-15(9-17(20)12-30)16-10-19(21(24)26-11-16)29-34(4,31)32/h5,8-11,29H,1,6-7,12H2,2-4H3,(H2,25,27,28). The van der Waals surface area contributed by atoms with Crippen LogP contribution in [0.25, 0.3) is 17.2 Å². The highest BCUT2D eigenvalue weighted by atomic mass is 35.5. The Morgan fingerprint density at radius 2 is 2.00 bits per heavy atom. The first-order valence-corrected chi connectivity index (χ1v) is 12.7. The number of pyridine rings is 1. The number of anilines is 3. The van der Waals surface area contributed by atoms with Crippen molar-refractivity contribution in [3.63, 3.8) is 0 Å². The lowest BCUT2D eigenvalue weighted by Gasteiger charge is -2.24. The van der Waals surface area contributed by atoms with E-state index in [4.69, 9.17) is 22.1 Å². The maximum absolute atomic E-state index is 11.7. The van der Waals surface area contributed by atoms with Gasteiger partial charge in [0.1, 0.15) is 18.2 Å². The molecule has 0 bridgehead atoms. The molecule has 0 aliphatic carbocycles. The number of rotatable bonds is 5. The molecule has 0 radical (unpaired) electrons. The van der Waals surface area contributed by atoms with E-state index >= 15 is 0 Å². The van der Waals surface area contributed by atoms with E-state index in [2.05, 4.69) is 31.2 Å². The Balaban J connectivity index is 1.77. The Labute approximate surface area is 203 Å². The maximum Gasteiger partial charge on any atom is 0.229 e. The van der Waals surface area contributed by atoms with E-state index in [0.717, 1.165) is 40.0 Å². The lowest BCUT2D eigenvalue weighted by molar-refractivity contribution is 0.329. The van der Waals surface area contributed by atoms with Gasteiger partial charge in [0.15, 0.2) is 5.15 Å². The summed E-state index contributed by atoms with van der Waals surface area (Å²) in [6.07, 6.45) is 4.40. The monoisotopic (exact) mass is 500 g/mol. The van der Waals surface area contributed by atoms with Crippen LogP contribution in [0.3, 0.4) is 0 Å². The third-order valence-electron chi connectivity index (χ3n) is 5.43. The summed E-state index contributed by atoms with van der Waals surface area (Å²) in [4.78, 5) is 15.0. The first kappa shape index (κ1) is 23.8. The SMILES string of the molecule is C=Cc1c(C)nc(N)nc1N1CCOc2c(C)cc(-c3cnc(Cl)c(NS(C)(=O)=O)c3)cc2C1. The Morgan fingerprint density at radius 1 is 1.24 bits per heavy atom. The number of sulfonamides is 1. The third-order valence-corrected chi connectivity index (χ3v) is 6.32. The summed E-state index contributed by atoms with van der Waals surface area (Å²) in [7, 11) is -3.51. The molecule has 1 aliphatic rings. The minimum absolute atomic E-state index is 0.0730. The number of fused-ring (bicyclic) bond motifs is 1. The number of hydrogen-bond acceptors (Lipinski definition) is 8. The van der Waals surface area contributed by atoms with Gasteiger partial charge in [0.05, 0.1) is 24.2 Å². The molecule has 34 heavy (non-hydrogen) atoms. The van der Waals surface area contributed by atoms with Crippen molar-refractivity contribution in [1.29, 1.82) is 0 Å². The molecule has 2 aromatic heterocycles. The second-order valence-corrected chi connectivity index (χ2v) is 10.2. The summed E-state index contributed by atoms with van der Waals surface area (Å²) in [5, 5.41) is 0.0730. The average Bonchev–Trinajstić information content (AvgIpc) is 2.97. The van der Waals surface area contributed by atoms with Gasteiger partial charge in [-0.05, 0) is 43.2 Å². The van der Waals surface area contributed by atoms with Gasteiger partial charge in [-0.15, -0.1) is 0 Å². The van der Waals surface area contributed by atoms with Crippen LogP contribution in [0.1, 0.15) is 22.4 Å². The molecule has 1 aromatic carbocycles. The molecule has 3 N–H and O–H groups in total. The summed E-state index contributed by atoms with van der Waals surface area (Å²) in [6.45, 7) is 9.35. The van der Waals surface area contributed by atoms with Crippen molar-refractivity contribution in [1.82, 2.24) is 15.0 Å². The highest BCUT2D eigenvalue weighted by Gasteiger charge is 2.22. The zero-order chi connectivity index (χ0) is 24.6. The van der Waals surface area contributed by atoms with Crippen LogP contribution in [-0.4, -0.2) is 42.8 Å². The lowest BCUT2D eigenvalue weighted by Crippen LogP contribution is -2.27. The number of nitrogens with zero attached hydrogens (tertiary/aromatic N) is 4. The summed E-state index contributed by atoms with van der Waals surface area (Å²) < 4.78 is 31.9. The van der Waals surface area contributed by atoms with Crippen LogP contribution in [0.2, 0.25) is 5.15 Å². The highest BCUT2D eigenvalue weighted by Crippen LogP contribution is 2.36. The Kier molecular flexibility index (Phi) is 6.37. The molecule has 0 unspecified atom stereocenters. The van der Waals surface area contributed by atoms with Crippen LogP contribution < -0.4 is 20.1 Å². The van der Waals surface area contributed by atoms with Gasteiger partial charge in [-0.3, -0.25) is 4.72 Å². The van der Waals surface area contributed by atoms with Crippen LogP contribution in [0.4, 0.5) is 17.5 Å². The van der Waals surface area contributed by atoms with Crippen molar-refractivity contribution < 1.29 is 13.2 Å². The third kappa shape index (κ3) is 4.92. The molecule has 178 valence electrons. The van der Waals surface area contributed by atoms with Crippen LogP contribution in [0.15, 0.2) is 31.0 Å². The number of benzene rings is 1. The second-order valence-electron chi connectivity index (χ2n) is 8.10. The molecule has 0 saturated carbocycles. The Hall–Kier alpha value is -3.37. The molecule has 0 atom stereocenters. The van der Waals surface area contributed by atoms with E-state index < -0.39 is 10.0 Å². The average molecular weight is 501 g/mol. The second kappa shape index (κ2) is 9.11. The molecule has 0 spiro atoms. The van der Waals surface area contributed by atoms with E-state index in [0.29, 0.717) is 31.1 Å². The molecule has 0 saturated heterocycles. The first-order valence-electron chi connectivity index (χ1n) is 10.5. The largest absolute Gasteiger partial charge is 0.491 e. The minimum Gasteiger partial charge on any atom is -0.491 e. The number of nitrogen functional groups attached to an aromatic ring is 1. The number of ether oxygens (including phenoxy) is 1. The molecule has 11 heteroatoms. The van der Waals surface area contributed by atoms with Gasteiger partial charge < -0.3 is 15.4 Å². The molecule has 1 aliphatic heterocycles. The summed E-state index contributed by atoms with van der Waals surface area (Å²) in [5.74, 6) is 1.71. The van der Waals surface area contributed by atoms with Crippen molar-refractivity contribution in [3.05, 3.63) is 58.5 Å². The lowest BCUT2D eigenvalue weighted by atomic mass is 9.99. The molecule has 0 fully saturated rings. The summed E-state index contributed by atoms with van der Waals surface area (Å²) in [6, 6.07) is 5.64. The number of aromatic nitrogens is 3. The van der Waals surface area contributed by atoms with Crippen LogP contribution in [-0.2, 0) is 16.6 Å². The van der Waals surface area contributed by atoms with Gasteiger partial charge in [0.2, 0.25) is 16.0 Å². The van der Waals surface area contributed by atoms with Crippen LogP contribution in [0.5, 0.6) is 5.75 Å². The fraction of sp³-hybridized carbons (Fsp3) is 0.261. The van der Waals surface area contributed by atoms with Crippen molar-refractivity contribution in [3.8, 4) is 16.9 Å². The predicted octanol–water partition coefficient (Wildman–Crippen LogP) is 3.80. The normalized spacial score (nSPS) is 13.6. The number of nitrogens with one attached hydrogen (secondary N) is 1. The Bertz CT molecular complexity index is 1390. The maximum atomic E-state index is 11.7. The molecule has 0 amide bonds. The van der Waals surface area contributed by atoms with Gasteiger partial charge in [-0.25, -0.2) is 18.4 Å². The smallest absolute Gasteiger partial charge is 0.229 e. The summed E-state index contributed by atoms with van der Waals surface area (Å²) in [5.41, 5.74) is 11.2. The minimum atomic E-state index is -3.51. The number of hydrogen-bond donors (Lipinski definition) is 2. The van der Waals surface area contributed by atoms with Crippen molar-refractivity contribution in [2.75, 3.05) is 34.8 Å². The molecular formula is C23H25ClN6O3S. The number of halogens is 1. The topological polar surface area (TPSA) is 123 Å². The van der Waals surface area contributed by atoms with Gasteiger partial charge in [-0.2, -0.15) is 4.98 Å². The highest BCUT2D eigenvalue weighted by molar-refractivity contribution is 7.92. The molecule has 3 heterocycles. The van der Waals surface area contributed by atoms with E-state index in [1.807, 2.05) is 26.0 Å². The van der Waals surface area contributed by atoms with Gasteiger partial charge >= 0.3 is 0 Å². The molecular weight excluding hydrogens is 476 g/mol. The molecule has 3 aromatic rings. The van der Waals surface area contributed by atoms with E-state index in [1.165, 1.54) is 0 Å². The van der Waals surface area contributed by atoms with Crippen LogP contribution >= 0.6 is 11.6 Å². The number of aryl methyl sites for hydroxylation is 2. The Morgan fingerprint density at radius 3 is 2.71 bits per heavy atom.